The first-order valence-corrected chi connectivity index (χ1v) is 9.64. The summed E-state index contributed by atoms with van der Waals surface area (Å²) in [6.45, 7) is 2.28. The van der Waals surface area contributed by atoms with E-state index in [-0.39, 0.29) is 23.7 Å². The fourth-order valence-electron chi connectivity index (χ4n) is 3.18. The first-order valence-electron chi connectivity index (χ1n) is 9.64. The van der Waals surface area contributed by atoms with Crippen LogP contribution in [0.2, 0.25) is 0 Å². The van der Waals surface area contributed by atoms with Crippen LogP contribution in [0, 0.1) is 0 Å². The molecule has 1 aromatic carbocycles. The van der Waals surface area contributed by atoms with Crippen molar-refractivity contribution in [2.24, 2.45) is 0 Å². The number of carbonyl (C=O) groups is 1. The maximum atomic E-state index is 13.0. The summed E-state index contributed by atoms with van der Waals surface area (Å²) in [4.78, 5) is 23.1. The van der Waals surface area contributed by atoms with E-state index in [0.717, 1.165) is 11.4 Å². The number of carbonyl (C=O) groups excluding carboxylic acids is 1. The van der Waals surface area contributed by atoms with Crippen LogP contribution in [-0.4, -0.2) is 60.2 Å². The number of anilines is 2. The summed E-state index contributed by atoms with van der Waals surface area (Å²) in [6.07, 6.45) is 4.71. The standard InChI is InChI=1S/C21H23N5O4/c1-28-17-6-4-15(5-7-17)24-21-25-19(14-30-21)20(27)26-10-9-23-11-16(26)13-29-18-3-2-8-22-12-18/h2-8,12,14,16,23H,9-11,13H2,1H3,(H,24,25). The molecule has 30 heavy (non-hydrogen) atoms. The van der Waals surface area contributed by atoms with Crippen molar-refractivity contribution in [1.82, 2.24) is 20.2 Å². The Labute approximate surface area is 174 Å². The van der Waals surface area contributed by atoms with Crippen molar-refractivity contribution in [3.63, 3.8) is 0 Å². The van der Waals surface area contributed by atoms with E-state index in [1.54, 1.807) is 24.4 Å². The lowest BCUT2D eigenvalue weighted by molar-refractivity contribution is 0.0553. The molecule has 9 nitrogen and oxygen atoms in total. The van der Waals surface area contributed by atoms with Gasteiger partial charge < -0.3 is 29.4 Å². The number of hydrogen-bond acceptors (Lipinski definition) is 8. The number of pyridine rings is 1. The van der Waals surface area contributed by atoms with Crippen LogP contribution >= 0.6 is 0 Å². The van der Waals surface area contributed by atoms with Crippen LogP contribution in [0.25, 0.3) is 0 Å². The number of nitrogens with zero attached hydrogens (tertiary/aromatic N) is 3. The van der Waals surface area contributed by atoms with Gasteiger partial charge in [-0.1, -0.05) is 0 Å². The van der Waals surface area contributed by atoms with Gasteiger partial charge in [-0.3, -0.25) is 9.78 Å². The van der Waals surface area contributed by atoms with Crippen molar-refractivity contribution in [2.75, 3.05) is 38.7 Å². The summed E-state index contributed by atoms with van der Waals surface area (Å²) in [5, 5.41) is 6.34. The molecule has 2 N–H and O–H groups in total. The SMILES string of the molecule is COc1ccc(Nc2nc(C(=O)N3CCNCC3COc3cccnc3)co2)cc1. The molecule has 1 unspecified atom stereocenters. The third-order valence-electron chi connectivity index (χ3n) is 4.75. The third kappa shape index (κ3) is 4.69. The van der Waals surface area contributed by atoms with Crippen LogP contribution in [0.15, 0.2) is 59.5 Å². The topological polar surface area (TPSA) is 102 Å². The van der Waals surface area contributed by atoms with Crippen LogP contribution in [0.4, 0.5) is 11.7 Å². The minimum Gasteiger partial charge on any atom is -0.497 e. The van der Waals surface area contributed by atoms with Gasteiger partial charge >= 0.3 is 0 Å². The molecular formula is C21H23N5O4. The smallest absolute Gasteiger partial charge is 0.299 e. The first kappa shape index (κ1) is 19.7. The van der Waals surface area contributed by atoms with Gasteiger partial charge in [-0.05, 0) is 36.4 Å². The summed E-state index contributed by atoms with van der Waals surface area (Å²) in [7, 11) is 1.61. The number of piperazine rings is 1. The lowest BCUT2D eigenvalue weighted by atomic mass is 10.2. The zero-order valence-corrected chi connectivity index (χ0v) is 16.6. The molecule has 0 aliphatic carbocycles. The Hall–Kier alpha value is -3.59. The monoisotopic (exact) mass is 409 g/mol. The molecule has 0 radical (unpaired) electrons. The highest BCUT2D eigenvalue weighted by Crippen LogP contribution is 2.20. The quantitative estimate of drug-likeness (QED) is 0.613. The van der Waals surface area contributed by atoms with Gasteiger partial charge in [-0.15, -0.1) is 0 Å². The van der Waals surface area contributed by atoms with Crippen LogP contribution in [-0.2, 0) is 0 Å². The molecule has 1 amide bonds. The number of oxazole rings is 1. The highest BCUT2D eigenvalue weighted by Gasteiger charge is 2.29. The van der Waals surface area contributed by atoms with Crippen LogP contribution in [0.3, 0.4) is 0 Å². The van der Waals surface area contributed by atoms with Gasteiger partial charge in [0.1, 0.15) is 24.4 Å². The Morgan fingerprint density at radius 1 is 1.30 bits per heavy atom. The summed E-state index contributed by atoms with van der Waals surface area (Å²) >= 11 is 0. The minimum atomic E-state index is -0.192. The first-order chi connectivity index (χ1) is 14.7. The van der Waals surface area contributed by atoms with E-state index in [1.165, 1.54) is 6.26 Å². The molecule has 2 aromatic heterocycles. The van der Waals surface area contributed by atoms with Gasteiger partial charge in [0.25, 0.3) is 11.9 Å². The molecule has 1 aliphatic rings. The number of nitrogens with one attached hydrogen (secondary N) is 2. The average Bonchev–Trinajstić information content (AvgIpc) is 3.27. The van der Waals surface area contributed by atoms with Crippen molar-refractivity contribution in [1.29, 1.82) is 0 Å². The van der Waals surface area contributed by atoms with Gasteiger partial charge in [0.05, 0.1) is 19.3 Å². The summed E-state index contributed by atoms with van der Waals surface area (Å²) in [5.41, 5.74) is 1.03. The largest absolute Gasteiger partial charge is 0.497 e. The maximum absolute atomic E-state index is 13.0. The van der Waals surface area contributed by atoms with Gasteiger partial charge in [0, 0.05) is 31.5 Å². The second-order valence-corrected chi connectivity index (χ2v) is 6.75. The number of benzene rings is 1. The zero-order valence-electron chi connectivity index (χ0n) is 16.6. The Morgan fingerprint density at radius 2 is 2.17 bits per heavy atom. The second-order valence-electron chi connectivity index (χ2n) is 6.75. The van der Waals surface area contributed by atoms with E-state index in [4.69, 9.17) is 13.9 Å². The molecule has 156 valence electrons. The molecular weight excluding hydrogens is 386 g/mol. The highest BCUT2D eigenvalue weighted by atomic mass is 16.5. The molecule has 9 heteroatoms. The molecule has 1 fully saturated rings. The fraction of sp³-hybridized carbons (Fsp3) is 0.286. The third-order valence-corrected chi connectivity index (χ3v) is 4.75. The van der Waals surface area contributed by atoms with E-state index < -0.39 is 0 Å². The van der Waals surface area contributed by atoms with Crippen molar-refractivity contribution >= 4 is 17.6 Å². The average molecular weight is 409 g/mol. The van der Waals surface area contributed by atoms with E-state index in [9.17, 15) is 4.79 Å². The lowest BCUT2D eigenvalue weighted by Crippen LogP contribution is -2.56. The van der Waals surface area contributed by atoms with E-state index >= 15 is 0 Å². The second kappa shape index (κ2) is 9.27. The van der Waals surface area contributed by atoms with E-state index in [0.29, 0.717) is 32.0 Å². The Morgan fingerprint density at radius 3 is 2.93 bits per heavy atom. The summed E-state index contributed by atoms with van der Waals surface area (Å²) < 4.78 is 16.4. The van der Waals surface area contributed by atoms with Crippen molar-refractivity contribution in [2.45, 2.75) is 6.04 Å². The number of methoxy groups -OCH3 is 1. The normalized spacial score (nSPS) is 16.2. The van der Waals surface area contributed by atoms with Crippen LogP contribution < -0.4 is 20.1 Å². The van der Waals surface area contributed by atoms with Gasteiger partial charge in [-0.25, -0.2) is 0 Å². The Balaban J connectivity index is 1.40. The molecule has 1 aliphatic heterocycles. The maximum Gasteiger partial charge on any atom is 0.299 e. The van der Waals surface area contributed by atoms with Gasteiger partial charge in [0.15, 0.2) is 5.69 Å². The lowest BCUT2D eigenvalue weighted by Gasteiger charge is -2.35. The molecule has 0 spiro atoms. The number of aromatic nitrogens is 2. The molecule has 4 rings (SSSR count). The molecule has 0 saturated carbocycles. The molecule has 3 aromatic rings. The van der Waals surface area contributed by atoms with E-state index in [1.807, 2.05) is 36.4 Å². The molecule has 1 saturated heterocycles. The van der Waals surface area contributed by atoms with Crippen molar-refractivity contribution in [3.05, 3.63) is 60.7 Å². The van der Waals surface area contributed by atoms with E-state index in [2.05, 4.69) is 20.6 Å². The Kier molecular flexibility index (Phi) is 6.09. The number of ether oxygens (including phenoxy) is 2. The number of amides is 1. The number of hydrogen-bond donors (Lipinski definition) is 2. The van der Waals surface area contributed by atoms with Crippen molar-refractivity contribution in [3.8, 4) is 11.5 Å². The van der Waals surface area contributed by atoms with Crippen molar-refractivity contribution < 1.29 is 18.7 Å². The molecule has 0 bridgehead atoms. The summed E-state index contributed by atoms with van der Waals surface area (Å²) in [6, 6.07) is 11.1. The fourth-order valence-corrected chi connectivity index (χ4v) is 3.18. The van der Waals surface area contributed by atoms with Crippen LogP contribution in [0.1, 0.15) is 10.5 Å². The predicted molar refractivity (Wildman–Crippen MR) is 110 cm³/mol. The molecule has 1 atom stereocenters. The minimum absolute atomic E-state index is 0.124. The van der Waals surface area contributed by atoms with Crippen LogP contribution in [0.5, 0.6) is 11.5 Å². The van der Waals surface area contributed by atoms with Gasteiger partial charge in [0.2, 0.25) is 0 Å². The zero-order chi connectivity index (χ0) is 20.8. The Bertz CT molecular complexity index is 961. The van der Waals surface area contributed by atoms with Gasteiger partial charge in [-0.2, -0.15) is 4.98 Å². The highest BCUT2D eigenvalue weighted by molar-refractivity contribution is 5.92. The number of rotatable bonds is 7. The molecule has 3 heterocycles. The summed E-state index contributed by atoms with van der Waals surface area (Å²) in [5.74, 6) is 1.23. The predicted octanol–water partition coefficient (Wildman–Crippen LogP) is 2.31.